The minimum absolute atomic E-state index is 0.0610. The number of rotatable bonds is 2. The minimum Gasteiger partial charge on any atom is -0.475 e. The van der Waals surface area contributed by atoms with Crippen LogP contribution >= 0.6 is 0 Å². The fourth-order valence-corrected chi connectivity index (χ4v) is 7.87. The summed E-state index contributed by atoms with van der Waals surface area (Å²) in [5.74, 6) is 1.06. The van der Waals surface area contributed by atoms with E-state index < -0.39 is 11.8 Å². The van der Waals surface area contributed by atoms with Crippen LogP contribution < -0.4 is 0 Å². The van der Waals surface area contributed by atoms with Gasteiger partial charge in [-0.2, -0.15) is 0 Å². The van der Waals surface area contributed by atoms with Gasteiger partial charge in [-0.25, -0.2) is 4.79 Å². The predicted molar refractivity (Wildman–Crippen MR) is 92.5 cm³/mol. The van der Waals surface area contributed by atoms with Crippen LogP contribution in [0.2, 0.25) is 0 Å². The van der Waals surface area contributed by atoms with Crippen LogP contribution in [0.3, 0.4) is 0 Å². The molecule has 1 N–H and O–H groups in total. The van der Waals surface area contributed by atoms with Crippen LogP contribution in [0.25, 0.3) is 0 Å². The molecular weight excluding hydrogens is 300 g/mol. The lowest BCUT2D eigenvalue weighted by Gasteiger charge is -2.60. The maximum atomic E-state index is 12.3. The third kappa shape index (κ3) is 2.15. The molecule has 0 aromatic carbocycles. The largest absolute Gasteiger partial charge is 0.475 e. The van der Waals surface area contributed by atoms with E-state index in [1.807, 2.05) is 0 Å². The van der Waals surface area contributed by atoms with Crippen molar-refractivity contribution in [1.29, 1.82) is 0 Å². The molecule has 0 saturated heterocycles. The second-order valence-corrected chi connectivity index (χ2v) is 9.75. The van der Waals surface area contributed by atoms with Crippen molar-refractivity contribution < 1.29 is 14.7 Å². The highest BCUT2D eigenvalue weighted by Gasteiger charge is 2.61. The van der Waals surface area contributed by atoms with E-state index in [9.17, 15) is 14.7 Å². The zero-order valence-corrected chi connectivity index (χ0v) is 15.2. The van der Waals surface area contributed by atoms with Crippen molar-refractivity contribution in [2.75, 3.05) is 0 Å². The van der Waals surface area contributed by atoms with Crippen molar-refractivity contribution in [3.63, 3.8) is 0 Å². The lowest BCUT2D eigenvalue weighted by Crippen LogP contribution is -2.53. The van der Waals surface area contributed by atoms with Crippen molar-refractivity contribution in [1.82, 2.24) is 0 Å². The molecule has 0 amide bonds. The summed E-state index contributed by atoms with van der Waals surface area (Å²) >= 11 is 0. The third-order valence-corrected chi connectivity index (χ3v) is 9.11. The Hall–Kier alpha value is -0.860. The van der Waals surface area contributed by atoms with Crippen LogP contribution in [0, 0.1) is 40.4 Å². The first kappa shape index (κ1) is 16.6. The van der Waals surface area contributed by atoms with Crippen LogP contribution in [-0.2, 0) is 9.59 Å². The lowest BCUT2D eigenvalue weighted by molar-refractivity contribution is -0.155. The maximum absolute atomic E-state index is 12.3. The number of carboxylic acids is 1. The molecule has 4 saturated carbocycles. The minimum atomic E-state index is -1.22. The molecule has 0 aliphatic heterocycles. The molecule has 4 aliphatic rings. The summed E-state index contributed by atoms with van der Waals surface area (Å²) in [6, 6.07) is 0. The van der Waals surface area contributed by atoms with Crippen molar-refractivity contribution in [2.24, 2.45) is 40.4 Å². The SMILES string of the molecule is C[C@]12CC[C@H]3[C@@H](CCC4CCCC[C@@]43C)[C@@H]1CC[C@@H]2C(=O)C(=O)O. The second-order valence-electron chi connectivity index (χ2n) is 9.75. The normalized spacial score (nSPS) is 50.5. The topological polar surface area (TPSA) is 54.4 Å². The van der Waals surface area contributed by atoms with E-state index in [0.717, 1.165) is 37.0 Å². The van der Waals surface area contributed by atoms with E-state index in [4.69, 9.17) is 0 Å². The first-order valence-electron chi connectivity index (χ1n) is 10.1. The molecule has 4 rings (SSSR count). The lowest BCUT2D eigenvalue weighted by atomic mass is 9.45. The number of Topliss-reactive ketones (excluding diaryl/α,β-unsaturated/α-hetero) is 1. The van der Waals surface area contributed by atoms with E-state index in [1.165, 1.54) is 44.9 Å². The van der Waals surface area contributed by atoms with Crippen molar-refractivity contribution in [3.05, 3.63) is 0 Å². The summed E-state index contributed by atoms with van der Waals surface area (Å²) in [7, 11) is 0. The number of carbonyl (C=O) groups is 2. The number of hydrogen-bond acceptors (Lipinski definition) is 2. The molecule has 4 fully saturated rings. The molecule has 0 aromatic heterocycles. The van der Waals surface area contributed by atoms with Crippen LogP contribution in [0.5, 0.6) is 0 Å². The Morgan fingerprint density at radius 2 is 1.58 bits per heavy atom. The van der Waals surface area contributed by atoms with E-state index in [-0.39, 0.29) is 11.3 Å². The Kier molecular flexibility index (Phi) is 3.85. The summed E-state index contributed by atoms with van der Waals surface area (Å²) in [6.45, 7) is 4.80. The molecule has 7 atom stereocenters. The number of carbonyl (C=O) groups excluding carboxylic acids is 1. The number of fused-ring (bicyclic) bond motifs is 5. The quantitative estimate of drug-likeness (QED) is 0.746. The summed E-state index contributed by atoms with van der Waals surface area (Å²) < 4.78 is 0. The molecule has 0 bridgehead atoms. The van der Waals surface area contributed by atoms with Crippen LogP contribution in [0.1, 0.15) is 78.1 Å². The van der Waals surface area contributed by atoms with Crippen molar-refractivity contribution in [3.8, 4) is 0 Å². The van der Waals surface area contributed by atoms with Gasteiger partial charge in [-0.05, 0) is 85.9 Å². The van der Waals surface area contributed by atoms with Crippen LogP contribution in [0.4, 0.5) is 0 Å². The molecule has 3 nitrogen and oxygen atoms in total. The zero-order chi connectivity index (χ0) is 17.1. The van der Waals surface area contributed by atoms with E-state index >= 15 is 0 Å². The van der Waals surface area contributed by atoms with Crippen molar-refractivity contribution in [2.45, 2.75) is 78.1 Å². The number of carboxylic acid groups (broad SMARTS) is 1. The molecule has 0 radical (unpaired) electrons. The predicted octanol–water partition coefficient (Wildman–Crippen LogP) is 4.69. The smallest absolute Gasteiger partial charge is 0.372 e. The first-order valence-corrected chi connectivity index (χ1v) is 10.1. The second kappa shape index (κ2) is 5.57. The average Bonchev–Trinajstić information content (AvgIpc) is 2.90. The number of hydrogen-bond donors (Lipinski definition) is 1. The summed E-state index contributed by atoms with van der Waals surface area (Å²) in [5.41, 5.74) is 0.450. The van der Waals surface area contributed by atoms with Gasteiger partial charge < -0.3 is 5.11 Å². The molecule has 1 unspecified atom stereocenters. The number of aliphatic carboxylic acids is 1. The van der Waals surface area contributed by atoms with Gasteiger partial charge in [-0.1, -0.05) is 26.7 Å². The molecule has 0 aromatic rings. The van der Waals surface area contributed by atoms with Gasteiger partial charge >= 0.3 is 5.97 Å². The standard InChI is InChI=1S/C21H32O3/c1-20-11-4-3-5-13(20)6-7-14-15-8-9-17(18(22)19(23)24)21(15,2)12-10-16(14)20/h13-17H,3-12H2,1-2H3,(H,23,24)/t13?,14-,15-,16-,17+,20-,21-/m0/s1. The van der Waals surface area contributed by atoms with E-state index in [1.54, 1.807) is 0 Å². The van der Waals surface area contributed by atoms with Gasteiger partial charge in [0.2, 0.25) is 5.78 Å². The molecule has 4 aliphatic carbocycles. The molecule has 134 valence electrons. The van der Waals surface area contributed by atoms with Gasteiger partial charge in [0.1, 0.15) is 0 Å². The molecule has 24 heavy (non-hydrogen) atoms. The van der Waals surface area contributed by atoms with E-state index in [0.29, 0.717) is 11.3 Å². The highest BCUT2D eigenvalue weighted by Crippen LogP contribution is 2.67. The van der Waals surface area contributed by atoms with Gasteiger partial charge in [0.05, 0.1) is 0 Å². The molecule has 3 heteroatoms. The molecular formula is C21H32O3. The highest BCUT2D eigenvalue weighted by molar-refractivity contribution is 6.33. The summed E-state index contributed by atoms with van der Waals surface area (Å²) in [5, 5.41) is 9.23. The van der Waals surface area contributed by atoms with E-state index in [2.05, 4.69) is 13.8 Å². The monoisotopic (exact) mass is 332 g/mol. The van der Waals surface area contributed by atoms with Gasteiger partial charge in [-0.15, -0.1) is 0 Å². The molecule has 0 heterocycles. The third-order valence-electron chi connectivity index (χ3n) is 9.11. The number of ketones is 1. The highest BCUT2D eigenvalue weighted by atomic mass is 16.4. The Morgan fingerprint density at radius 1 is 0.833 bits per heavy atom. The maximum Gasteiger partial charge on any atom is 0.372 e. The average molecular weight is 332 g/mol. The Balaban J connectivity index is 1.61. The first-order chi connectivity index (χ1) is 11.4. The fraction of sp³-hybridized carbons (Fsp3) is 0.905. The van der Waals surface area contributed by atoms with Crippen molar-refractivity contribution >= 4 is 11.8 Å². The molecule has 0 spiro atoms. The van der Waals surface area contributed by atoms with Crippen LogP contribution in [-0.4, -0.2) is 16.9 Å². The Morgan fingerprint density at radius 3 is 2.33 bits per heavy atom. The van der Waals surface area contributed by atoms with Gasteiger partial charge in [-0.3, -0.25) is 4.79 Å². The fourth-order valence-electron chi connectivity index (χ4n) is 7.87. The Bertz CT molecular complexity index is 555. The van der Waals surface area contributed by atoms with Crippen LogP contribution in [0.15, 0.2) is 0 Å². The zero-order valence-electron chi connectivity index (χ0n) is 15.2. The van der Waals surface area contributed by atoms with Gasteiger partial charge in [0, 0.05) is 5.92 Å². The van der Waals surface area contributed by atoms with Gasteiger partial charge in [0.25, 0.3) is 0 Å². The van der Waals surface area contributed by atoms with Gasteiger partial charge in [0.15, 0.2) is 0 Å². The summed E-state index contributed by atoms with van der Waals surface area (Å²) in [6.07, 6.45) is 12.4. The Labute approximate surface area is 145 Å². The summed E-state index contributed by atoms with van der Waals surface area (Å²) in [4.78, 5) is 23.5.